The van der Waals surface area contributed by atoms with E-state index in [1.807, 2.05) is 6.92 Å². The monoisotopic (exact) mass is 207 g/mol. The summed E-state index contributed by atoms with van der Waals surface area (Å²) < 4.78 is 0. The number of nitro groups is 1. The van der Waals surface area contributed by atoms with Crippen molar-refractivity contribution in [2.24, 2.45) is 0 Å². The second-order valence-corrected chi connectivity index (χ2v) is 3.27. The van der Waals surface area contributed by atoms with Gasteiger partial charge in [0.15, 0.2) is 0 Å². The molecule has 1 aromatic carbocycles. The number of nitrogens with zero attached hydrogens (tertiary/aromatic N) is 1. The Morgan fingerprint density at radius 1 is 1.60 bits per heavy atom. The summed E-state index contributed by atoms with van der Waals surface area (Å²) in [6.07, 6.45) is 0.702. The minimum Gasteiger partial charge on any atom is -0.393 e. The molecule has 3 N–H and O–H groups in total. The van der Waals surface area contributed by atoms with E-state index in [1.165, 1.54) is 6.07 Å². The second kappa shape index (κ2) is 4.08. The second-order valence-electron chi connectivity index (χ2n) is 3.27. The van der Waals surface area contributed by atoms with Crippen LogP contribution < -0.4 is 5.73 Å². The smallest absolute Gasteiger partial charge is 0.292 e. The number of aryl methyl sites for hydroxylation is 1. The summed E-state index contributed by atoms with van der Waals surface area (Å²) in [7, 11) is 0. The van der Waals surface area contributed by atoms with E-state index < -0.39 is 4.92 Å². The van der Waals surface area contributed by atoms with Gasteiger partial charge < -0.3 is 11.1 Å². The number of hydrogen-bond donors (Lipinski definition) is 2. The van der Waals surface area contributed by atoms with Gasteiger partial charge in [0.25, 0.3) is 5.69 Å². The van der Waals surface area contributed by atoms with Gasteiger partial charge >= 0.3 is 0 Å². The minimum absolute atomic E-state index is 0.0897. The van der Waals surface area contributed by atoms with E-state index in [0.29, 0.717) is 12.0 Å². The van der Waals surface area contributed by atoms with Crippen LogP contribution in [0.15, 0.2) is 12.1 Å². The molecule has 0 saturated carbocycles. The predicted molar refractivity (Wildman–Crippen MR) is 59.4 cm³/mol. The molecular formula is C10H13N3O2. The molecule has 1 aromatic rings. The summed E-state index contributed by atoms with van der Waals surface area (Å²) >= 11 is 0. The van der Waals surface area contributed by atoms with Crippen molar-refractivity contribution in [1.29, 1.82) is 5.41 Å². The van der Waals surface area contributed by atoms with Crippen LogP contribution in [-0.2, 0) is 6.42 Å². The molecule has 0 unspecified atom stereocenters. The average molecular weight is 207 g/mol. The summed E-state index contributed by atoms with van der Waals surface area (Å²) in [5.74, 6) is 0. The van der Waals surface area contributed by atoms with Gasteiger partial charge in [0.1, 0.15) is 5.69 Å². The first kappa shape index (κ1) is 11.2. The first-order valence-corrected chi connectivity index (χ1v) is 4.60. The number of hydrogen-bond acceptors (Lipinski definition) is 4. The lowest BCUT2D eigenvalue weighted by Gasteiger charge is -2.09. The maximum absolute atomic E-state index is 10.7. The summed E-state index contributed by atoms with van der Waals surface area (Å²) in [6, 6.07) is 3.04. The molecule has 0 aromatic heterocycles. The topological polar surface area (TPSA) is 93.0 Å². The predicted octanol–water partition coefficient (Wildman–Crippen LogP) is 2.13. The van der Waals surface area contributed by atoms with E-state index in [2.05, 4.69) is 0 Å². The minimum atomic E-state index is -0.527. The number of nitrogen functional groups attached to an aromatic ring is 1. The third-order valence-electron chi connectivity index (χ3n) is 2.26. The molecule has 0 heterocycles. The van der Waals surface area contributed by atoms with Crippen LogP contribution in [0, 0.1) is 15.5 Å². The summed E-state index contributed by atoms with van der Waals surface area (Å²) in [6.45, 7) is 3.50. The third-order valence-corrected chi connectivity index (χ3v) is 2.26. The Labute approximate surface area is 87.6 Å². The summed E-state index contributed by atoms with van der Waals surface area (Å²) in [5.41, 5.74) is 7.25. The quantitative estimate of drug-likeness (QED) is 0.344. The van der Waals surface area contributed by atoms with Gasteiger partial charge in [0.05, 0.1) is 4.92 Å². The number of nitro benzene ring substituents is 1. The van der Waals surface area contributed by atoms with Gasteiger partial charge in [-0.2, -0.15) is 0 Å². The maximum Gasteiger partial charge on any atom is 0.292 e. The average Bonchev–Trinajstić information content (AvgIpc) is 2.15. The Hall–Kier alpha value is -1.91. The molecule has 5 heteroatoms. The van der Waals surface area contributed by atoms with E-state index in [0.717, 1.165) is 5.56 Å². The Morgan fingerprint density at radius 3 is 2.60 bits per heavy atom. The largest absolute Gasteiger partial charge is 0.393 e. The Balaban J connectivity index is 3.49. The van der Waals surface area contributed by atoms with Crippen LogP contribution in [0.3, 0.4) is 0 Å². The molecule has 0 bridgehead atoms. The zero-order valence-corrected chi connectivity index (χ0v) is 8.70. The van der Waals surface area contributed by atoms with E-state index in [1.54, 1.807) is 13.0 Å². The van der Waals surface area contributed by atoms with Crippen molar-refractivity contribution in [1.82, 2.24) is 0 Å². The molecule has 0 atom stereocenters. The number of rotatable bonds is 3. The molecule has 1 rings (SSSR count). The highest BCUT2D eigenvalue weighted by atomic mass is 16.6. The fraction of sp³-hybridized carbons (Fsp3) is 0.300. The molecule has 0 spiro atoms. The lowest BCUT2D eigenvalue weighted by molar-refractivity contribution is -0.383. The SMILES string of the molecule is CCc1ccc([N+](=O)[O-])c(N)c1C(C)=N. The molecule has 0 fully saturated rings. The lowest BCUT2D eigenvalue weighted by Crippen LogP contribution is -2.07. The highest BCUT2D eigenvalue weighted by Crippen LogP contribution is 2.28. The Bertz CT molecular complexity index is 427. The van der Waals surface area contributed by atoms with Crippen LogP contribution in [0.4, 0.5) is 11.4 Å². The van der Waals surface area contributed by atoms with Gasteiger partial charge in [0, 0.05) is 17.3 Å². The molecule has 80 valence electrons. The zero-order valence-electron chi connectivity index (χ0n) is 8.70. The van der Waals surface area contributed by atoms with Crippen LogP contribution in [0.1, 0.15) is 25.0 Å². The molecule has 0 aliphatic rings. The van der Waals surface area contributed by atoms with Crippen LogP contribution in [0.5, 0.6) is 0 Å². The first-order chi connectivity index (χ1) is 6.99. The zero-order chi connectivity index (χ0) is 11.6. The van der Waals surface area contributed by atoms with Gasteiger partial charge in [-0.25, -0.2) is 0 Å². The Morgan fingerprint density at radius 2 is 2.20 bits per heavy atom. The third kappa shape index (κ3) is 1.96. The molecule has 15 heavy (non-hydrogen) atoms. The fourth-order valence-electron chi connectivity index (χ4n) is 1.55. The number of anilines is 1. The van der Waals surface area contributed by atoms with Crippen LogP contribution >= 0.6 is 0 Å². The van der Waals surface area contributed by atoms with Crippen molar-refractivity contribution in [3.05, 3.63) is 33.4 Å². The standard InChI is InChI=1S/C10H13N3O2/c1-3-7-4-5-8(13(14)15)10(12)9(7)6(2)11/h4-5,11H,3,12H2,1-2H3. The first-order valence-electron chi connectivity index (χ1n) is 4.60. The molecule has 0 amide bonds. The summed E-state index contributed by atoms with van der Waals surface area (Å²) in [5, 5.41) is 18.2. The van der Waals surface area contributed by atoms with Crippen LogP contribution in [0.25, 0.3) is 0 Å². The summed E-state index contributed by atoms with van der Waals surface area (Å²) in [4.78, 5) is 10.1. The molecule has 0 aliphatic heterocycles. The highest BCUT2D eigenvalue weighted by Gasteiger charge is 2.18. The van der Waals surface area contributed by atoms with Crippen molar-refractivity contribution in [3.63, 3.8) is 0 Å². The molecule has 5 nitrogen and oxygen atoms in total. The molecule has 0 radical (unpaired) electrons. The number of benzene rings is 1. The van der Waals surface area contributed by atoms with Crippen molar-refractivity contribution < 1.29 is 4.92 Å². The molecule has 0 saturated heterocycles. The van der Waals surface area contributed by atoms with Gasteiger partial charge in [0.2, 0.25) is 0 Å². The van der Waals surface area contributed by atoms with Crippen LogP contribution in [0.2, 0.25) is 0 Å². The van der Waals surface area contributed by atoms with Crippen molar-refractivity contribution >= 4 is 17.1 Å². The molecular weight excluding hydrogens is 194 g/mol. The van der Waals surface area contributed by atoms with Crippen molar-refractivity contribution in [2.75, 3.05) is 5.73 Å². The van der Waals surface area contributed by atoms with Gasteiger partial charge in [-0.3, -0.25) is 10.1 Å². The molecule has 0 aliphatic carbocycles. The lowest BCUT2D eigenvalue weighted by atomic mass is 9.99. The fourth-order valence-corrected chi connectivity index (χ4v) is 1.55. The van der Waals surface area contributed by atoms with Crippen LogP contribution in [-0.4, -0.2) is 10.6 Å². The maximum atomic E-state index is 10.7. The van der Waals surface area contributed by atoms with E-state index in [4.69, 9.17) is 11.1 Å². The van der Waals surface area contributed by atoms with Crippen molar-refractivity contribution in [2.45, 2.75) is 20.3 Å². The van der Waals surface area contributed by atoms with Gasteiger partial charge in [-0.1, -0.05) is 13.0 Å². The van der Waals surface area contributed by atoms with Gasteiger partial charge in [-0.05, 0) is 18.9 Å². The highest BCUT2D eigenvalue weighted by molar-refractivity contribution is 6.04. The van der Waals surface area contributed by atoms with Gasteiger partial charge in [-0.15, -0.1) is 0 Å². The number of nitrogens with one attached hydrogen (secondary N) is 1. The Kier molecular flexibility index (Phi) is 3.04. The number of nitrogens with two attached hydrogens (primary N) is 1. The van der Waals surface area contributed by atoms with E-state index in [9.17, 15) is 10.1 Å². The normalized spacial score (nSPS) is 10.0. The van der Waals surface area contributed by atoms with E-state index >= 15 is 0 Å². The van der Waals surface area contributed by atoms with Crippen molar-refractivity contribution in [3.8, 4) is 0 Å². The van der Waals surface area contributed by atoms with E-state index in [-0.39, 0.29) is 17.1 Å².